The maximum Gasteiger partial charge on any atom is 0.323 e. The third kappa shape index (κ3) is 7.61. The van der Waals surface area contributed by atoms with E-state index in [1.54, 1.807) is 4.90 Å². The fourth-order valence-electron chi connectivity index (χ4n) is 4.39. The first-order valence-corrected chi connectivity index (χ1v) is 13.3. The van der Waals surface area contributed by atoms with Gasteiger partial charge in [0.1, 0.15) is 23.7 Å². The van der Waals surface area contributed by atoms with Crippen molar-refractivity contribution in [1.82, 2.24) is 25.1 Å². The standard InChI is InChI=1S/C27H27F2N7O4S/c28-17-3-6-20(7-4-17)39-15-24(37)34-26(41)32-18-5-8-22(21(29)11-18)40-25-12-23(30-16-31-25)33-27(38)36-13-19(14-36)35-9-1-2-10-35/h3-8,11-12,16,19H,1-2,9-10,13-15H2,(H,30,31,33,38)(H2,32,34,37,41). The number of nitrogens with zero attached hydrogens (tertiary/aromatic N) is 4. The fraction of sp³-hybridized carbons (Fsp3) is 0.296. The molecule has 0 atom stereocenters. The van der Waals surface area contributed by atoms with Crippen molar-refractivity contribution in [3.05, 3.63) is 66.5 Å². The molecule has 3 amide bonds. The normalized spacial score (nSPS) is 15.1. The van der Waals surface area contributed by atoms with E-state index < -0.39 is 17.5 Å². The molecule has 1 aromatic heterocycles. The van der Waals surface area contributed by atoms with Crippen molar-refractivity contribution in [3.63, 3.8) is 0 Å². The highest BCUT2D eigenvalue weighted by molar-refractivity contribution is 7.80. The van der Waals surface area contributed by atoms with Crippen LogP contribution < -0.4 is 25.4 Å². The van der Waals surface area contributed by atoms with Crippen LogP contribution in [0.5, 0.6) is 17.4 Å². The van der Waals surface area contributed by atoms with Crippen LogP contribution in [0.4, 0.5) is 25.1 Å². The first kappa shape index (κ1) is 28.1. The quantitative estimate of drug-likeness (QED) is 0.341. The van der Waals surface area contributed by atoms with Crippen LogP contribution in [0, 0.1) is 11.6 Å². The van der Waals surface area contributed by atoms with Gasteiger partial charge in [-0.1, -0.05) is 0 Å². The maximum absolute atomic E-state index is 14.8. The lowest BCUT2D eigenvalue weighted by Crippen LogP contribution is -2.61. The van der Waals surface area contributed by atoms with Crippen LogP contribution in [0.1, 0.15) is 12.8 Å². The maximum atomic E-state index is 14.8. The van der Waals surface area contributed by atoms with Gasteiger partial charge in [-0.15, -0.1) is 0 Å². The lowest BCUT2D eigenvalue weighted by molar-refractivity contribution is -0.121. The number of hydrogen-bond donors (Lipinski definition) is 3. The van der Waals surface area contributed by atoms with Crippen LogP contribution in [0.15, 0.2) is 54.9 Å². The van der Waals surface area contributed by atoms with Crippen molar-refractivity contribution in [2.24, 2.45) is 0 Å². The summed E-state index contributed by atoms with van der Waals surface area (Å²) in [6, 6.07) is 10.7. The molecule has 2 aliphatic rings. The number of likely N-dealkylation sites (tertiary alicyclic amines) is 2. The third-order valence-corrected chi connectivity index (χ3v) is 6.73. The van der Waals surface area contributed by atoms with Gasteiger partial charge in [0.05, 0.1) is 0 Å². The number of urea groups is 1. The predicted octanol–water partition coefficient (Wildman–Crippen LogP) is 3.75. The van der Waals surface area contributed by atoms with Gasteiger partial charge < -0.3 is 19.7 Å². The number of halogens is 2. The summed E-state index contributed by atoms with van der Waals surface area (Å²) in [7, 11) is 0. The molecule has 0 aliphatic carbocycles. The molecule has 14 heteroatoms. The summed E-state index contributed by atoms with van der Waals surface area (Å²) in [6.45, 7) is 3.15. The summed E-state index contributed by atoms with van der Waals surface area (Å²) >= 11 is 5.10. The lowest BCUT2D eigenvalue weighted by atomic mass is 10.1. The van der Waals surface area contributed by atoms with E-state index in [1.165, 1.54) is 61.6 Å². The average molecular weight is 584 g/mol. The molecule has 2 aromatic carbocycles. The van der Waals surface area contributed by atoms with Gasteiger partial charge in [-0.05, 0) is 74.5 Å². The predicted molar refractivity (Wildman–Crippen MR) is 150 cm³/mol. The number of ether oxygens (including phenoxy) is 2. The Bertz CT molecular complexity index is 1420. The largest absolute Gasteiger partial charge is 0.484 e. The molecule has 5 rings (SSSR count). The number of rotatable bonds is 8. The zero-order chi connectivity index (χ0) is 28.8. The molecule has 3 heterocycles. The van der Waals surface area contributed by atoms with Crippen molar-refractivity contribution in [2.75, 3.05) is 43.4 Å². The van der Waals surface area contributed by atoms with Crippen molar-refractivity contribution in [2.45, 2.75) is 18.9 Å². The number of carbonyl (C=O) groups excluding carboxylic acids is 2. The molecule has 0 spiro atoms. The highest BCUT2D eigenvalue weighted by atomic mass is 32.1. The molecule has 2 fully saturated rings. The molecule has 0 saturated carbocycles. The van der Waals surface area contributed by atoms with Gasteiger partial charge in [-0.3, -0.25) is 20.3 Å². The van der Waals surface area contributed by atoms with Gasteiger partial charge in [0.15, 0.2) is 23.3 Å². The Morgan fingerprint density at radius 1 is 1.00 bits per heavy atom. The number of benzene rings is 2. The molecule has 214 valence electrons. The second kappa shape index (κ2) is 12.8. The summed E-state index contributed by atoms with van der Waals surface area (Å²) in [5.41, 5.74) is 0.261. The second-order valence-electron chi connectivity index (χ2n) is 9.47. The van der Waals surface area contributed by atoms with Gasteiger partial charge >= 0.3 is 6.03 Å². The summed E-state index contributed by atoms with van der Waals surface area (Å²) in [5, 5.41) is 7.76. The number of carbonyl (C=O) groups is 2. The van der Waals surface area contributed by atoms with Gasteiger partial charge in [0.25, 0.3) is 5.91 Å². The van der Waals surface area contributed by atoms with Crippen molar-refractivity contribution in [3.8, 4) is 17.4 Å². The topological polar surface area (TPSA) is 121 Å². The number of nitrogens with one attached hydrogen (secondary N) is 3. The molecule has 3 N–H and O–H groups in total. The molecular formula is C27H27F2N7O4S. The number of thiocarbonyl (C=S) groups is 1. The summed E-state index contributed by atoms with van der Waals surface area (Å²) in [5.74, 6) is -1.23. The molecule has 0 bridgehead atoms. The van der Waals surface area contributed by atoms with Gasteiger partial charge in [0, 0.05) is 37.0 Å². The second-order valence-corrected chi connectivity index (χ2v) is 9.87. The van der Waals surface area contributed by atoms with Crippen LogP contribution >= 0.6 is 12.2 Å². The highest BCUT2D eigenvalue weighted by Crippen LogP contribution is 2.27. The monoisotopic (exact) mass is 583 g/mol. The first-order valence-electron chi connectivity index (χ1n) is 12.9. The van der Waals surface area contributed by atoms with E-state index in [0.29, 0.717) is 24.9 Å². The van der Waals surface area contributed by atoms with E-state index in [-0.39, 0.29) is 40.9 Å². The smallest absolute Gasteiger partial charge is 0.323 e. The molecule has 0 unspecified atom stereocenters. The van der Waals surface area contributed by atoms with Gasteiger partial charge in [-0.2, -0.15) is 0 Å². The summed E-state index contributed by atoms with van der Waals surface area (Å²) in [4.78, 5) is 36.8. The number of aromatic nitrogens is 2. The van der Waals surface area contributed by atoms with Crippen LogP contribution in [0.3, 0.4) is 0 Å². The molecule has 0 radical (unpaired) electrons. The Hall–Kier alpha value is -4.43. The number of hydrogen-bond acceptors (Lipinski definition) is 8. The Labute approximate surface area is 239 Å². The van der Waals surface area contributed by atoms with Crippen molar-refractivity contribution >= 4 is 40.8 Å². The third-order valence-electron chi connectivity index (χ3n) is 6.52. The van der Waals surface area contributed by atoms with Gasteiger partial charge in [-0.25, -0.2) is 23.5 Å². The van der Waals surface area contributed by atoms with E-state index >= 15 is 0 Å². The minimum atomic E-state index is -0.721. The minimum Gasteiger partial charge on any atom is -0.484 e. The van der Waals surface area contributed by atoms with E-state index in [2.05, 4.69) is 30.8 Å². The molecule has 2 aliphatic heterocycles. The zero-order valence-corrected chi connectivity index (χ0v) is 22.6. The molecular weight excluding hydrogens is 556 g/mol. The minimum absolute atomic E-state index is 0.0393. The molecule has 11 nitrogen and oxygen atoms in total. The van der Waals surface area contributed by atoms with E-state index in [4.69, 9.17) is 21.7 Å². The van der Waals surface area contributed by atoms with Crippen molar-refractivity contribution < 1.29 is 27.8 Å². The van der Waals surface area contributed by atoms with Crippen LogP contribution in [-0.2, 0) is 4.79 Å². The number of anilines is 2. The SMILES string of the molecule is O=C(COc1ccc(F)cc1)NC(=S)Nc1ccc(Oc2cc(NC(=O)N3CC(N4CCCC4)C3)ncn2)c(F)c1. The zero-order valence-electron chi connectivity index (χ0n) is 21.8. The fourth-order valence-corrected chi connectivity index (χ4v) is 4.62. The van der Waals surface area contributed by atoms with Crippen molar-refractivity contribution in [1.29, 1.82) is 0 Å². The Kier molecular flexibility index (Phi) is 8.79. The summed E-state index contributed by atoms with van der Waals surface area (Å²) in [6.07, 6.45) is 3.62. The lowest BCUT2D eigenvalue weighted by Gasteiger charge is -2.43. The molecule has 41 heavy (non-hydrogen) atoms. The average Bonchev–Trinajstić information content (AvgIpc) is 3.44. The highest BCUT2D eigenvalue weighted by Gasteiger charge is 2.35. The first-order chi connectivity index (χ1) is 19.8. The Balaban J connectivity index is 1.08. The Morgan fingerprint density at radius 2 is 1.76 bits per heavy atom. The van der Waals surface area contributed by atoms with Gasteiger partial charge in [0.2, 0.25) is 5.88 Å². The molecule has 2 saturated heterocycles. The van der Waals surface area contributed by atoms with E-state index in [9.17, 15) is 18.4 Å². The van der Waals surface area contributed by atoms with Crippen LogP contribution in [0.25, 0.3) is 0 Å². The molecule has 3 aromatic rings. The van der Waals surface area contributed by atoms with E-state index in [0.717, 1.165) is 19.2 Å². The van der Waals surface area contributed by atoms with Crippen LogP contribution in [0.2, 0.25) is 0 Å². The Morgan fingerprint density at radius 3 is 2.49 bits per heavy atom. The van der Waals surface area contributed by atoms with Crippen LogP contribution in [-0.4, -0.2) is 75.6 Å². The van der Waals surface area contributed by atoms with E-state index in [1.807, 2.05) is 0 Å². The number of amides is 3. The summed E-state index contributed by atoms with van der Waals surface area (Å²) < 4.78 is 38.5.